The Kier molecular flexibility index (Phi) is 5.96. The molecule has 0 bridgehead atoms. The van der Waals surface area contributed by atoms with Crippen LogP contribution in [0.25, 0.3) is 0 Å². The number of amides is 3. The molecule has 9 heteroatoms. The molecule has 0 spiro atoms. The number of imide groups is 1. The summed E-state index contributed by atoms with van der Waals surface area (Å²) in [5, 5.41) is 2.96. The molecule has 0 aliphatic carbocycles. The van der Waals surface area contributed by atoms with E-state index in [1.165, 1.54) is 4.90 Å². The third-order valence-corrected chi connectivity index (χ3v) is 6.57. The van der Waals surface area contributed by atoms with E-state index in [1.807, 2.05) is 10.3 Å². The minimum absolute atomic E-state index is 0.0744. The number of hydrogen-bond acceptors (Lipinski definition) is 6. The lowest BCUT2D eigenvalue weighted by Gasteiger charge is -2.22. The number of halogens is 1. The van der Waals surface area contributed by atoms with E-state index in [1.54, 1.807) is 35.7 Å². The Bertz CT molecular complexity index is 934. The van der Waals surface area contributed by atoms with E-state index in [2.05, 4.69) is 25.8 Å². The number of rotatable bonds is 5. The van der Waals surface area contributed by atoms with Crippen molar-refractivity contribution in [2.45, 2.75) is 19.3 Å². The Morgan fingerprint density at radius 1 is 1.10 bits per heavy atom. The number of fused-ring (bicyclic) bond motifs is 1. The van der Waals surface area contributed by atoms with Gasteiger partial charge in [-0.05, 0) is 31.0 Å². The molecule has 0 saturated carbocycles. The van der Waals surface area contributed by atoms with Crippen LogP contribution < -0.4 is 4.90 Å². The molecule has 2 aromatic rings. The molecule has 2 aliphatic rings. The second-order valence-corrected chi connectivity index (χ2v) is 8.88. The van der Waals surface area contributed by atoms with Crippen molar-refractivity contribution in [3.05, 3.63) is 45.4 Å². The smallest absolute Gasteiger partial charge is 0.261 e. The first-order valence-corrected chi connectivity index (χ1v) is 11.3. The zero-order valence-corrected chi connectivity index (χ0v) is 18.2. The fourth-order valence-corrected chi connectivity index (χ4v) is 4.80. The van der Waals surface area contributed by atoms with Gasteiger partial charge in [-0.2, -0.15) is 0 Å². The maximum atomic E-state index is 12.6. The largest absolute Gasteiger partial charge is 0.346 e. The lowest BCUT2D eigenvalue weighted by atomic mass is 10.1. The molecule has 3 amide bonds. The molecule has 7 nitrogen and oxygen atoms in total. The van der Waals surface area contributed by atoms with E-state index < -0.39 is 0 Å². The molecule has 1 aromatic carbocycles. The molecule has 1 saturated heterocycles. The molecule has 1 fully saturated rings. The van der Waals surface area contributed by atoms with E-state index in [0.29, 0.717) is 30.5 Å². The molecule has 29 heavy (non-hydrogen) atoms. The number of carbonyl (C=O) groups excluding carboxylic acids is 3. The summed E-state index contributed by atoms with van der Waals surface area (Å²) in [7, 11) is 0. The summed E-state index contributed by atoms with van der Waals surface area (Å²) in [5.74, 6) is -0.489. The Hall–Kier alpha value is -2.26. The highest BCUT2D eigenvalue weighted by Gasteiger charge is 2.35. The lowest BCUT2D eigenvalue weighted by Crippen LogP contribution is -2.36. The van der Waals surface area contributed by atoms with E-state index >= 15 is 0 Å². The third kappa shape index (κ3) is 4.20. The number of hydrogen-bond donors (Lipinski definition) is 0. The zero-order chi connectivity index (χ0) is 20.4. The van der Waals surface area contributed by atoms with Gasteiger partial charge in [-0.1, -0.05) is 15.9 Å². The SMILES string of the molecule is O=C(CCCN1C(=O)c2ccc(Br)cc2C1=O)N1CCCN(c2nccs2)CC1. The van der Waals surface area contributed by atoms with Gasteiger partial charge in [0.15, 0.2) is 5.13 Å². The van der Waals surface area contributed by atoms with Gasteiger partial charge in [-0.15, -0.1) is 11.3 Å². The van der Waals surface area contributed by atoms with Crippen LogP contribution in [-0.4, -0.2) is 65.2 Å². The molecular formula is C20H21BrN4O3S. The maximum Gasteiger partial charge on any atom is 0.261 e. The Balaban J connectivity index is 1.28. The van der Waals surface area contributed by atoms with Crippen molar-refractivity contribution >= 4 is 50.1 Å². The summed E-state index contributed by atoms with van der Waals surface area (Å²) in [4.78, 5) is 47.3. The van der Waals surface area contributed by atoms with Gasteiger partial charge in [0, 0.05) is 55.2 Å². The van der Waals surface area contributed by atoms with Gasteiger partial charge in [0.2, 0.25) is 5.91 Å². The van der Waals surface area contributed by atoms with Crippen LogP contribution in [-0.2, 0) is 4.79 Å². The molecule has 0 unspecified atom stereocenters. The maximum absolute atomic E-state index is 12.6. The van der Waals surface area contributed by atoms with E-state index in [-0.39, 0.29) is 24.3 Å². The van der Waals surface area contributed by atoms with Gasteiger partial charge >= 0.3 is 0 Å². The summed E-state index contributed by atoms with van der Waals surface area (Å²) in [6.07, 6.45) is 3.50. The number of anilines is 1. The fourth-order valence-electron chi connectivity index (χ4n) is 3.74. The first-order valence-electron chi connectivity index (χ1n) is 9.62. The Morgan fingerprint density at radius 2 is 1.93 bits per heavy atom. The van der Waals surface area contributed by atoms with Crippen molar-refractivity contribution in [3.63, 3.8) is 0 Å². The second-order valence-electron chi connectivity index (χ2n) is 7.09. The minimum Gasteiger partial charge on any atom is -0.346 e. The number of carbonyl (C=O) groups is 3. The summed E-state index contributed by atoms with van der Waals surface area (Å²) in [6, 6.07) is 5.09. The van der Waals surface area contributed by atoms with Gasteiger partial charge in [-0.3, -0.25) is 19.3 Å². The summed E-state index contributed by atoms with van der Waals surface area (Å²) in [6.45, 7) is 3.31. The lowest BCUT2D eigenvalue weighted by molar-refractivity contribution is -0.131. The monoisotopic (exact) mass is 476 g/mol. The van der Waals surface area contributed by atoms with Crippen LogP contribution >= 0.6 is 27.3 Å². The quantitative estimate of drug-likeness (QED) is 0.620. The van der Waals surface area contributed by atoms with Crippen LogP contribution in [0.4, 0.5) is 5.13 Å². The topological polar surface area (TPSA) is 73.8 Å². The number of benzene rings is 1. The Labute approximate surface area is 181 Å². The van der Waals surface area contributed by atoms with Gasteiger partial charge < -0.3 is 9.80 Å². The van der Waals surface area contributed by atoms with Crippen molar-refractivity contribution in [2.24, 2.45) is 0 Å². The van der Waals surface area contributed by atoms with Crippen molar-refractivity contribution in [1.29, 1.82) is 0 Å². The minimum atomic E-state index is -0.285. The second kappa shape index (κ2) is 8.62. The molecular weight excluding hydrogens is 456 g/mol. The van der Waals surface area contributed by atoms with Crippen molar-refractivity contribution < 1.29 is 14.4 Å². The van der Waals surface area contributed by atoms with E-state index in [4.69, 9.17) is 0 Å². The standard InChI is InChI=1S/C20H21BrN4O3S/c21-14-4-5-15-16(13-14)19(28)25(18(15)27)9-1-3-17(26)23-7-2-8-24(11-10-23)20-22-6-12-29-20/h4-6,12-13H,1-3,7-11H2. The van der Waals surface area contributed by atoms with Gasteiger partial charge in [0.1, 0.15) is 0 Å². The summed E-state index contributed by atoms with van der Waals surface area (Å²) >= 11 is 4.94. The van der Waals surface area contributed by atoms with Crippen LogP contribution in [0.15, 0.2) is 34.2 Å². The van der Waals surface area contributed by atoms with E-state index in [9.17, 15) is 14.4 Å². The van der Waals surface area contributed by atoms with Crippen molar-refractivity contribution in [2.75, 3.05) is 37.6 Å². The molecule has 4 rings (SSSR count). The molecule has 1 aromatic heterocycles. The average Bonchev–Trinajstić information content (AvgIpc) is 3.23. The highest BCUT2D eigenvalue weighted by atomic mass is 79.9. The normalized spacial score (nSPS) is 16.9. The van der Waals surface area contributed by atoms with Gasteiger partial charge in [0.25, 0.3) is 11.8 Å². The summed E-state index contributed by atoms with van der Waals surface area (Å²) in [5.41, 5.74) is 0.852. The van der Waals surface area contributed by atoms with E-state index in [0.717, 1.165) is 35.7 Å². The number of aromatic nitrogens is 1. The first-order chi connectivity index (χ1) is 14.0. The van der Waals surface area contributed by atoms with Crippen molar-refractivity contribution in [1.82, 2.24) is 14.8 Å². The van der Waals surface area contributed by atoms with Crippen LogP contribution in [0.2, 0.25) is 0 Å². The van der Waals surface area contributed by atoms with Crippen molar-refractivity contribution in [3.8, 4) is 0 Å². The predicted molar refractivity (Wildman–Crippen MR) is 114 cm³/mol. The molecule has 152 valence electrons. The first kappa shape index (κ1) is 20.0. The molecule has 2 aliphatic heterocycles. The molecule has 0 radical (unpaired) electrons. The highest BCUT2D eigenvalue weighted by Crippen LogP contribution is 2.26. The van der Waals surface area contributed by atoms with Crippen LogP contribution in [0.1, 0.15) is 40.0 Å². The van der Waals surface area contributed by atoms with Crippen LogP contribution in [0.3, 0.4) is 0 Å². The predicted octanol–water partition coefficient (Wildman–Crippen LogP) is 3.02. The third-order valence-electron chi connectivity index (χ3n) is 5.24. The van der Waals surface area contributed by atoms with Crippen LogP contribution in [0.5, 0.6) is 0 Å². The van der Waals surface area contributed by atoms with Gasteiger partial charge in [-0.25, -0.2) is 4.98 Å². The molecule has 0 N–H and O–H groups in total. The molecule has 3 heterocycles. The fraction of sp³-hybridized carbons (Fsp3) is 0.400. The average molecular weight is 477 g/mol. The number of thiazole rings is 1. The highest BCUT2D eigenvalue weighted by molar-refractivity contribution is 9.10. The Morgan fingerprint density at radius 3 is 2.72 bits per heavy atom. The van der Waals surface area contributed by atoms with Gasteiger partial charge in [0.05, 0.1) is 11.1 Å². The molecule has 0 atom stereocenters. The summed E-state index contributed by atoms with van der Waals surface area (Å²) < 4.78 is 0.766. The zero-order valence-electron chi connectivity index (χ0n) is 15.8. The number of nitrogens with zero attached hydrogens (tertiary/aromatic N) is 4. The van der Waals surface area contributed by atoms with Crippen LogP contribution in [0, 0.1) is 0 Å².